The molecule has 170 valence electrons. The van der Waals surface area contributed by atoms with Gasteiger partial charge in [0, 0.05) is 19.1 Å². The number of rotatable bonds is 6. The van der Waals surface area contributed by atoms with Crippen molar-refractivity contribution in [3.63, 3.8) is 0 Å². The predicted octanol–water partition coefficient (Wildman–Crippen LogP) is 3.70. The molecule has 1 saturated heterocycles. The van der Waals surface area contributed by atoms with E-state index in [1.54, 1.807) is 25.1 Å². The van der Waals surface area contributed by atoms with Crippen molar-refractivity contribution in [3.05, 3.63) is 53.6 Å². The number of fused-ring (bicyclic) bond motifs is 1. The van der Waals surface area contributed by atoms with E-state index in [-0.39, 0.29) is 5.97 Å². The highest BCUT2D eigenvalue weighted by Gasteiger charge is 2.29. The van der Waals surface area contributed by atoms with Crippen LogP contribution in [0, 0.1) is 11.6 Å². The van der Waals surface area contributed by atoms with Gasteiger partial charge in [-0.05, 0) is 50.1 Å². The molecule has 7 nitrogen and oxygen atoms in total. The van der Waals surface area contributed by atoms with Crippen LogP contribution >= 0.6 is 11.3 Å². The van der Waals surface area contributed by atoms with Crippen LogP contribution in [0.1, 0.15) is 30.1 Å². The van der Waals surface area contributed by atoms with Gasteiger partial charge in [-0.25, -0.2) is 31.7 Å². The molecular formula is C21H21F2N3O4S2. The fraction of sp³-hybridized carbons (Fsp3) is 0.333. The van der Waals surface area contributed by atoms with E-state index in [9.17, 15) is 22.0 Å². The Labute approximate surface area is 188 Å². The summed E-state index contributed by atoms with van der Waals surface area (Å²) in [5.41, 5.74) is 1.22. The number of hydrogen-bond acceptors (Lipinski definition) is 7. The lowest BCUT2D eigenvalue weighted by atomic mass is 10.1. The van der Waals surface area contributed by atoms with Gasteiger partial charge < -0.3 is 9.64 Å². The van der Waals surface area contributed by atoms with E-state index in [4.69, 9.17) is 4.74 Å². The summed E-state index contributed by atoms with van der Waals surface area (Å²) in [5.74, 6) is -2.62. The highest BCUT2D eigenvalue weighted by Crippen LogP contribution is 2.31. The minimum absolute atomic E-state index is 0.299. The highest BCUT2D eigenvalue weighted by molar-refractivity contribution is 7.89. The smallest absolute Gasteiger partial charge is 0.338 e. The Kier molecular flexibility index (Phi) is 6.40. The Morgan fingerprint density at radius 3 is 2.56 bits per heavy atom. The number of carbonyl (C=O) groups is 1. The van der Waals surface area contributed by atoms with Crippen molar-refractivity contribution in [2.24, 2.45) is 0 Å². The van der Waals surface area contributed by atoms with Gasteiger partial charge in [0.2, 0.25) is 10.0 Å². The molecule has 0 aliphatic carbocycles. The molecule has 0 bridgehead atoms. The first-order valence-electron chi connectivity index (χ1n) is 10.1. The average Bonchev–Trinajstić information content (AvgIpc) is 3.17. The second-order valence-corrected chi connectivity index (χ2v) is 9.99. The van der Waals surface area contributed by atoms with Crippen molar-refractivity contribution in [1.82, 2.24) is 9.71 Å². The number of nitrogens with zero attached hydrogens (tertiary/aromatic N) is 2. The number of nitrogens with one attached hydrogen (secondary N) is 1. The minimum atomic E-state index is -4.32. The van der Waals surface area contributed by atoms with Gasteiger partial charge in [-0.15, -0.1) is 0 Å². The number of ether oxygens (including phenoxy) is 1. The van der Waals surface area contributed by atoms with Crippen LogP contribution in [-0.4, -0.2) is 45.1 Å². The summed E-state index contributed by atoms with van der Waals surface area (Å²) < 4.78 is 61.1. The monoisotopic (exact) mass is 481 g/mol. The van der Waals surface area contributed by atoms with E-state index in [1.807, 2.05) is 4.90 Å². The quantitative estimate of drug-likeness (QED) is 0.540. The molecule has 0 spiro atoms. The fourth-order valence-electron chi connectivity index (χ4n) is 3.60. The molecule has 1 aliphatic heterocycles. The summed E-state index contributed by atoms with van der Waals surface area (Å²) in [4.78, 5) is 17.6. The molecule has 1 fully saturated rings. The molecule has 3 aromatic rings. The highest BCUT2D eigenvalue weighted by atomic mass is 32.2. The maximum absolute atomic E-state index is 13.9. The number of esters is 1. The normalized spacial score (nSPS) is 15.3. The number of piperidine rings is 1. The Morgan fingerprint density at radius 2 is 1.91 bits per heavy atom. The number of benzene rings is 2. The predicted molar refractivity (Wildman–Crippen MR) is 117 cm³/mol. The molecule has 0 unspecified atom stereocenters. The molecule has 1 N–H and O–H groups in total. The Balaban J connectivity index is 1.43. The van der Waals surface area contributed by atoms with Crippen molar-refractivity contribution in [3.8, 4) is 0 Å². The van der Waals surface area contributed by atoms with Crippen LogP contribution in [0.2, 0.25) is 0 Å². The van der Waals surface area contributed by atoms with Crippen LogP contribution in [0.3, 0.4) is 0 Å². The van der Waals surface area contributed by atoms with Crippen molar-refractivity contribution >= 4 is 42.7 Å². The lowest BCUT2D eigenvalue weighted by Gasteiger charge is -2.32. The standard InChI is InChI=1S/C21H21F2N3O4S2/c1-2-30-20(27)13-6-7-17-18(12-13)31-21(24-17)26-10-8-14(9-11-26)25-32(28,29)19-15(22)4-3-5-16(19)23/h3-7,12,14,25H,2,8-11H2,1H3. The SMILES string of the molecule is CCOC(=O)c1ccc2nc(N3CCC(NS(=O)(=O)c4c(F)cccc4F)CC3)sc2c1. The summed E-state index contributed by atoms with van der Waals surface area (Å²) >= 11 is 1.44. The largest absolute Gasteiger partial charge is 0.462 e. The van der Waals surface area contributed by atoms with Crippen LogP contribution < -0.4 is 9.62 Å². The molecule has 0 amide bonds. The molecule has 32 heavy (non-hydrogen) atoms. The van der Waals surface area contributed by atoms with Gasteiger partial charge in [-0.2, -0.15) is 0 Å². The Hall–Kier alpha value is -2.63. The Bertz CT molecular complexity index is 1230. The van der Waals surface area contributed by atoms with Gasteiger partial charge in [0.1, 0.15) is 11.6 Å². The zero-order valence-corrected chi connectivity index (χ0v) is 18.8. The van der Waals surface area contributed by atoms with Crippen LogP contribution in [-0.2, 0) is 14.8 Å². The van der Waals surface area contributed by atoms with Crippen LogP contribution in [0.15, 0.2) is 41.3 Å². The molecular weight excluding hydrogens is 460 g/mol. The van der Waals surface area contributed by atoms with Crippen molar-refractivity contribution < 1.29 is 26.7 Å². The third kappa shape index (κ3) is 4.59. The topological polar surface area (TPSA) is 88.6 Å². The maximum Gasteiger partial charge on any atom is 0.338 e. The first-order valence-corrected chi connectivity index (χ1v) is 12.4. The van der Waals surface area contributed by atoms with E-state index in [1.165, 1.54) is 11.3 Å². The number of thiazole rings is 1. The zero-order chi connectivity index (χ0) is 22.9. The zero-order valence-electron chi connectivity index (χ0n) is 17.2. The van der Waals surface area contributed by atoms with Crippen molar-refractivity contribution in [1.29, 1.82) is 0 Å². The summed E-state index contributed by atoms with van der Waals surface area (Å²) in [6.07, 6.45) is 0.915. The molecule has 1 aromatic heterocycles. The number of sulfonamides is 1. The van der Waals surface area contributed by atoms with E-state index in [2.05, 4.69) is 9.71 Å². The summed E-state index contributed by atoms with van der Waals surface area (Å²) in [6.45, 7) is 3.10. The molecule has 2 aromatic carbocycles. The van der Waals surface area contributed by atoms with Crippen LogP contribution in [0.25, 0.3) is 10.2 Å². The van der Waals surface area contributed by atoms with Crippen molar-refractivity contribution in [2.75, 3.05) is 24.6 Å². The van der Waals surface area contributed by atoms with E-state index in [0.717, 1.165) is 33.5 Å². The van der Waals surface area contributed by atoms with E-state index < -0.39 is 32.6 Å². The summed E-state index contributed by atoms with van der Waals surface area (Å²) in [6, 6.07) is 7.70. The first kappa shape index (κ1) is 22.6. The van der Waals surface area contributed by atoms with Gasteiger partial charge in [-0.1, -0.05) is 17.4 Å². The number of halogens is 2. The van der Waals surface area contributed by atoms with E-state index >= 15 is 0 Å². The third-order valence-electron chi connectivity index (χ3n) is 5.16. The van der Waals surface area contributed by atoms with E-state index in [0.29, 0.717) is 38.1 Å². The molecule has 0 radical (unpaired) electrons. The van der Waals surface area contributed by atoms with Gasteiger partial charge in [0.15, 0.2) is 10.0 Å². The molecule has 0 atom stereocenters. The molecule has 11 heteroatoms. The molecule has 2 heterocycles. The second-order valence-electron chi connectivity index (χ2n) is 7.33. The second kappa shape index (κ2) is 9.08. The summed E-state index contributed by atoms with van der Waals surface area (Å²) in [7, 11) is -4.32. The number of hydrogen-bond donors (Lipinski definition) is 1. The molecule has 0 saturated carbocycles. The molecule has 4 rings (SSSR count). The minimum Gasteiger partial charge on any atom is -0.462 e. The Morgan fingerprint density at radius 1 is 1.22 bits per heavy atom. The summed E-state index contributed by atoms with van der Waals surface area (Å²) in [5, 5.41) is 0.766. The fourth-order valence-corrected chi connectivity index (χ4v) is 6.09. The van der Waals surface area contributed by atoms with Crippen molar-refractivity contribution in [2.45, 2.75) is 30.7 Å². The number of aromatic nitrogens is 1. The average molecular weight is 482 g/mol. The lowest BCUT2D eigenvalue weighted by Crippen LogP contribution is -2.45. The van der Waals surface area contributed by atoms with Gasteiger partial charge >= 0.3 is 5.97 Å². The lowest BCUT2D eigenvalue weighted by molar-refractivity contribution is 0.0526. The number of anilines is 1. The number of carbonyl (C=O) groups excluding carboxylic acids is 1. The van der Waals surface area contributed by atoms with Gasteiger partial charge in [0.05, 0.1) is 22.4 Å². The first-order chi connectivity index (χ1) is 15.3. The molecule has 1 aliphatic rings. The van der Waals surface area contributed by atoms with Crippen LogP contribution in [0.4, 0.5) is 13.9 Å². The third-order valence-corrected chi connectivity index (χ3v) is 7.81. The maximum atomic E-state index is 13.9. The van der Waals surface area contributed by atoms with Crippen LogP contribution in [0.5, 0.6) is 0 Å². The van der Waals surface area contributed by atoms with Gasteiger partial charge in [-0.3, -0.25) is 0 Å². The van der Waals surface area contributed by atoms with Gasteiger partial charge in [0.25, 0.3) is 0 Å².